The lowest BCUT2D eigenvalue weighted by molar-refractivity contribution is -0.147. The number of carboxylic acid groups (broad SMARTS) is 1. The minimum absolute atomic E-state index is 0.160. The second-order valence-corrected chi connectivity index (χ2v) is 5.78. The molecule has 2 N–H and O–H groups in total. The normalized spacial score (nSPS) is 19.7. The molecule has 0 bridgehead atoms. The van der Waals surface area contributed by atoms with Crippen molar-refractivity contribution in [2.45, 2.75) is 44.7 Å². The molecule has 1 fully saturated rings. The zero-order chi connectivity index (χ0) is 14.0. The summed E-state index contributed by atoms with van der Waals surface area (Å²) in [4.78, 5) is 11.9. The van der Waals surface area contributed by atoms with Crippen molar-refractivity contribution in [1.82, 2.24) is 5.32 Å². The minimum atomic E-state index is -0.972. The topological polar surface area (TPSA) is 49.3 Å². The SMILES string of the molecule is CCC(C)NC(C(=O)O)(c1ccc(Cl)cc1)C1CC1. The fraction of sp³-hybridized carbons (Fsp3) is 0.533. The Hall–Kier alpha value is -1.06. The summed E-state index contributed by atoms with van der Waals surface area (Å²) in [6.07, 6.45) is 2.81. The first-order valence-electron chi connectivity index (χ1n) is 6.77. The fourth-order valence-corrected chi connectivity index (χ4v) is 2.64. The zero-order valence-corrected chi connectivity index (χ0v) is 12.1. The number of carbonyl (C=O) groups is 1. The molecule has 2 atom stereocenters. The summed E-state index contributed by atoms with van der Waals surface area (Å²) >= 11 is 5.90. The second-order valence-electron chi connectivity index (χ2n) is 5.35. The van der Waals surface area contributed by atoms with Crippen LogP contribution in [0.1, 0.15) is 38.7 Å². The molecule has 1 aromatic rings. The molecule has 2 rings (SSSR count). The van der Waals surface area contributed by atoms with Crippen molar-refractivity contribution in [3.63, 3.8) is 0 Å². The van der Waals surface area contributed by atoms with Crippen molar-refractivity contribution < 1.29 is 9.90 Å². The lowest BCUT2D eigenvalue weighted by Gasteiger charge is -2.34. The van der Waals surface area contributed by atoms with Gasteiger partial charge < -0.3 is 5.11 Å². The molecule has 0 spiro atoms. The Morgan fingerprint density at radius 3 is 2.47 bits per heavy atom. The first kappa shape index (κ1) is 14.4. The summed E-state index contributed by atoms with van der Waals surface area (Å²) in [7, 11) is 0. The third-order valence-electron chi connectivity index (χ3n) is 3.91. The highest BCUT2D eigenvalue weighted by Gasteiger charge is 2.52. The highest BCUT2D eigenvalue weighted by molar-refractivity contribution is 6.30. The van der Waals surface area contributed by atoms with Gasteiger partial charge in [-0.25, -0.2) is 4.79 Å². The molecule has 0 aromatic heterocycles. The molecule has 1 aliphatic rings. The van der Waals surface area contributed by atoms with Crippen LogP contribution in [0.3, 0.4) is 0 Å². The second kappa shape index (κ2) is 5.51. The molecule has 3 nitrogen and oxygen atoms in total. The van der Waals surface area contributed by atoms with Gasteiger partial charge in [0.05, 0.1) is 0 Å². The molecule has 1 saturated carbocycles. The Morgan fingerprint density at radius 2 is 2.05 bits per heavy atom. The van der Waals surface area contributed by atoms with Crippen molar-refractivity contribution in [3.8, 4) is 0 Å². The maximum atomic E-state index is 11.9. The Morgan fingerprint density at radius 1 is 1.47 bits per heavy atom. The van der Waals surface area contributed by atoms with E-state index in [0.717, 1.165) is 24.8 Å². The van der Waals surface area contributed by atoms with Crippen molar-refractivity contribution in [3.05, 3.63) is 34.9 Å². The molecule has 2 unspecified atom stereocenters. The summed E-state index contributed by atoms with van der Waals surface area (Å²) in [5.74, 6) is -0.627. The first-order chi connectivity index (χ1) is 9.00. The van der Waals surface area contributed by atoms with E-state index in [0.29, 0.717) is 5.02 Å². The van der Waals surface area contributed by atoms with Crippen molar-refractivity contribution in [2.24, 2.45) is 5.92 Å². The van der Waals surface area contributed by atoms with Gasteiger partial charge in [-0.1, -0.05) is 30.7 Å². The van der Waals surface area contributed by atoms with E-state index < -0.39 is 11.5 Å². The number of carboxylic acids is 1. The number of aliphatic carboxylic acids is 1. The lowest BCUT2D eigenvalue weighted by atomic mass is 9.84. The maximum absolute atomic E-state index is 11.9. The van der Waals surface area contributed by atoms with E-state index >= 15 is 0 Å². The van der Waals surface area contributed by atoms with Gasteiger partial charge in [-0.15, -0.1) is 0 Å². The molecule has 0 amide bonds. The summed E-state index contributed by atoms with van der Waals surface area (Å²) < 4.78 is 0. The van der Waals surface area contributed by atoms with Gasteiger partial charge in [0, 0.05) is 11.1 Å². The van der Waals surface area contributed by atoms with Gasteiger partial charge in [-0.2, -0.15) is 0 Å². The number of benzene rings is 1. The standard InChI is InChI=1S/C15H20ClNO2/c1-3-10(2)17-15(14(18)19,11-4-5-11)12-6-8-13(16)9-7-12/h6-11,17H,3-5H2,1-2H3,(H,18,19). The van der Waals surface area contributed by atoms with Crippen LogP contribution in [0.15, 0.2) is 24.3 Å². The number of nitrogens with one attached hydrogen (secondary N) is 1. The highest BCUT2D eigenvalue weighted by atomic mass is 35.5. The van der Waals surface area contributed by atoms with E-state index in [-0.39, 0.29) is 12.0 Å². The fourth-order valence-electron chi connectivity index (χ4n) is 2.52. The van der Waals surface area contributed by atoms with Crippen LogP contribution in [0.4, 0.5) is 0 Å². The van der Waals surface area contributed by atoms with Gasteiger partial charge in [0.2, 0.25) is 0 Å². The first-order valence-corrected chi connectivity index (χ1v) is 7.15. The average Bonchev–Trinajstić information content (AvgIpc) is 3.21. The highest BCUT2D eigenvalue weighted by Crippen LogP contribution is 2.46. The molecule has 0 heterocycles. The van der Waals surface area contributed by atoms with E-state index in [1.54, 1.807) is 12.1 Å². The predicted molar refractivity (Wildman–Crippen MR) is 76.4 cm³/mol. The van der Waals surface area contributed by atoms with Crippen LogP contribution in [-0.2, 0) is 10.3 Å². The zero-order valence-electron chi connectivity index (χ0n) is 11.3. The number of hydrogen-bond acceptors (Lipinski definition) is 2. The largest absolute Gasteiger partial charge is 0.480 e. The van der Waals surface area contributed by atoms with Crippen LogP contribution in [0.25, 0.3) is 0 Å². The summed E-state index contributed by atoms with van der Waals surface area (Å²) in [6, 6.07) is 7.33. The average molecular weight is 282 g/mol. The molecule has 19 heavy (non-hydrogen) atoms. The van der Waals surface area contributed by atoms with Gasteiger partial charge in [0.1, 0.15) is 5.54 Å². The number of rotatable bonds is 6. The van der Waals surface area contributed by atoms with Gasteiger partial charge >= 0.3 is 5.97 Å². The van der Waals surface area contributed by atoms with Gasteiger partial charge in [-0.3, -0.25) is 5.32 Å². The monoisotopic (exact) mass is 281 g/mol. The van der Waals surface area contributed by atoms with Crippen molar-refractivity contribution in [1.29, 1.82) is 0 Å². The molecule has 4 heteroatoms. The quantitative estimate of drug-likeness (QED) is 0.840. The van der Waals surface area contributed by atoms with E-state index in [2.05, 4.69) is 12.2 Å². The maximum Gasteiger partial charge on any atom is 0.328 e. The van der Waals surface area contributed by atoms with Crippen LogP contribution < -0.4 is 5.32 Å². The third-order valence-corrected chi connectivity index (χ3v) is 4.17. The van der Waals surface area contributed by atoms with E-state index in [9.17, 15) is 9.90 Å². The van der Waals surface area contributed by atoms with Crippen LogP contribution in [0, 0.1) is 5.92 Å². The Balaban J connectivity index is 2.42. The Labute approximate surface area is 119 Å². The molecule has 104 valence electrons. The molecule has 0 radical (unpaired) electrons. The third kappa shape index (κ3) is 2.77. The van der Waals surface area contributed by atoms with Gasteiger partial charge in [0.25, 0.3) is 0 Å². The molecular weight excluding hydrogens is 262 g/mol. The smallest absolute Gasteiger partial charge is 0.328 e. The number of halogens is 1. The van der Waals surface area contributed by atoms with Crippen molar-refractivity contribution >= 4 is 17.6 Å². The van der Waals surface area contributed by atoms with E-state index in [1.165, 1.54) is 0 Å². The molecule has 0 aliphatic heterocycles. The van der Waals surface area contributed by atoms with Crippen molar-refractivity contribution in [2.75, 3.05) is 0 Å². The minimum Gasteiger partial charge on any atom is -0.480 e. The van der Waals surface area contributed by atoms with Crippen LogP contribution >= 0.6 is 11.6 Å². The van der Waals surface area contributed by atoms with Crippen LogP contribution in [0.2, 0.25) is 5.02 Å². The van der Waals surface area contributed by atoms with Crippen LogP contribution in [0.5, 0.6) is 0 Å². The molecule has 1 aromatic carbocycles. The van der Waals surface area contributed by atoms with E-state index in [1.807, 2.05) is 19.1 Å². The summed E-state index contributed by atoms with van der Waals surface area (Å²) in [5, 5.41) is 13.8. The molecule has 1 aliphatic carbocycles. The van der Waals surface area contributed by atoms with Gasteiger partial charge in [0.15, 0.2) is 0 Å². The number of hydrogen-bond donors (Lipinski definition) is 2. The van der Waals surface area contributed by atoms with E-state index in [4.69, 9.17) is 11.6 Å². The van der Waals surface area contributed by atoms with Crippen LogP contribution in [-0.4, -0.2) is 17.1 Å². The summed E-state index contributed by atoms with van der Waals surface area (Å²) in [6.45, 7) is 4.08. The Bertz CT molecular complexity index is 456. The lowest BCUT2D eigenvalue weighted by Crippen LogP contribution is -2.54. The predicted octanol–water partition coefficient (Wildman–Crippen LogP) is 3.42. The molecule has 0 saturated heterocycles. The van der Waals surface area contributed by atoms with Gasteiger partial charge in [-0.05, 0) is 49.8 Å². The Kier molecular flexibility index (Phi) is 4.16. The molecular formula is C15H20ClNO2. The summed E-state index contributed by atoms with van der Waals surface area (Å²) in [5.41, 5.74) is -0.174.